The second kappa shape index (κ2) is 8.07. The third-order valence-corrected chi connectivity index (χ3v) is 4.02. The Morgan fingerprint density at radius 1 is 1.38 bits per heavy atom. The van der Waals surface area contributed by atoms with Gasteiger partial charge in [0.2, 0.25) is 0 Å². The number of phenols is 1. The summed E-state index contributed by atoms with van der Waals surface area (Å²) in [5.41, 5.74) is -0.0350. The Labute approximate surface area is 154 Å². The molecular formula is C16H21BrClNO5. The Morgan fingerprint density at radius 3 is 2.42 bits per heavy atom. The average molecular weight is 423 g/mol. The highest BCUT2D eigenvalue weighted by atomic mass is 79.9. The Morgan fingerprint density at radius 2 is 1.96 bits per heavy atom. The van der Waals surface area contributed by atoms with Crippen LogP contribution in [0, 0.1) is 0 Å². The molecule has 1 N–H and O–H groups in total. The van der Waals surface area contributed by atoms with Crippen LogP contribution in [0.15, 0.2) is 16.6 Å². The molecule has 0 radical (unpaired) electrons. The number of carbonyl (C=O) groups is 2. The van der Waals surface area contributed by atoms with Crippen LogP contribution in [0.1, 0.15) is 26.3 Å². The van der Waals surface area contributed by atoms with Crippen molar-refractivity contribution in [2.45, 2.75) is 38.8 Å². The molecule has 0 saturated carbocycles. The highest BCUT2D eigenvalue weighted by Gasteiger charge is 2.31. The van der Waals surface area contributed by atoms with E-state index < -0.39 is 23.7 Å². The van der Waals surface area contributed by atoms with E-state index in [0.29, 0.717) is 10.0 Å². The Hall–Kier alpha value is -1.47. The van der Waals surface area contributed by atoms with Crippen molar-refractivity contribution >= 4 is 39.6 Å². The standard InChI is InChI=1S/C16H21BrClNO5/c1-16(2,3)24-15(22)19(4)12(14(21)23-5)8-9-6-10(17)13(20)11(18)7-9/h6-7,12,20H,8H2,1-5H3/t12-/m0/s1. The Bertz CT molecular complexity index is 606. The summed E-state index contributed by atoms with van der Waals surface area (Å²) < 4.78 is 10.5. The van der Waals surface area contributed by atoms with Gasteiger partial charge in [-0.25, -0.2) is 9.59 Å². The SMILES string of the molecule is COC(=O)[C@H](Cc1cc(Cl)c(O)c(Br)c1)N(C)C(=O)OC(C)(C)C. The molecule has 0 aliphatic heterocycles. The predicted octanol–water partition coefficient (Wildman–Crippen LogP) is 3.76. The first-order valence-corrected chi connectivity index (χ1v) is 8.34. The predicted molar refractivity (Wildman–Crippen MR) is 94.3 cm³/mol. The minimum absolute atomic E-state index is 0.0875. The quantitative estimate of drug-likeness (QED) is 0.748. The molecule has 0 spiro atoms. The number of methoxy groups -OCH3 is 1. The lowest BCUT2D eigenvalue weighted by molar-refractivity contribution is -0.146. The van der Waals surface area contributed by atoms with Crippen molar-refractivity contribution in [3.8, 4) is 5.75 Å². The Kier molecular flexibility index (Phi) is 6.92. The summed E-state index contributed by atoms with van der Waals surface area (Å²) >= 11 is 9.13. The number of likely N-dealkylation sites (N-methyl/N-ethyl adjacent to an activating group) is 1. The maximum atomic E-state index is 12.2. The second-order valence-electron chi connectivity index (χ2n) is 6.24. The van der Waals surface area contributed by atoms with E-state index in [1.807, 2.05) is 0 Å². The van der Waals surface area contributed by atoms with Gasteiger partial charge in [-0.05, 0) is 54.4 Å². The highest BCUT2D eigenvalue weighted by molar-refractivity contribution is 9.10. The van der Waals surface area contributed by atoms with E-state index in [1.54, 1.807) is 26.8 Å². The van der Waals surface area contributed by atoms with Gasteiger partial charge in [0.15, 0.2) is 0 Å². The van der Waals surface area contributed by atoms with E-state index in [4.69, 9.17) is 21.1 Å². The first-order chi connectivity index (χ1) is 11.0. The van der Waals surface area contributed by atoms with E-state index in [-0.39, 0.29) is 17.2 Å². The van der Waals surface area contributed by atoms with Gasteiger partial charge in [0.1, 0.15) is 17.4 Å². The molecule has 0 aromatic heterocycles. The van der Waals surface area contributed by atoms with Gasteiger partial charge in [0.05, 0.1) is 16.6 Å². The van der Waals surface area contributed by atoms with Crippen LogP contribution in [0.2, 0.25) is 5.02 Å². The van der Waals surface area contributed by atoms with Gasteiger partial charge in [-0.3, -0.25) is 4.90 Å². The first-order valence-electron chi connectivity index (χ1n) is 7.16. The van der Waals surface area contributed by atoms with Gasteiger partial charge in [-0.2, -0.15) is 0 Å². The molecule has 1 amide bonds. The number of nitrogens with zero attached hydrogens (tertiary/aromatic N) is 1. The van der Waals surface area contributed by atoms with Crippen LogP contribution in [0.3, 0.4) is 0 Å². The average Bonchev–Trinajstić information content (AvgIpc) is 2.46. The number of phenolic OH excluding ortho intramolecular Hbond substituents is 1. The smallest absolute Gasteiger partial charge is 0.410 e. The molecule has 1 aromatic rings. The van der Waals surface area contributed by atoms with E-state index in [1.165, 1.54) is 25.1 Å². The second-order valence-corrected chi connectivity index (χ2v) is 7.50. The zero-order chi connectivity index (χ0) is 18.7. The molecule has 0 aliphatic carbocycles. The molecule has 0 heterocycles. The number of benzene rings is 1. The summed E-state index contributed by atoms with van der Waals surface area (Å²) in [6.07, 6.45) is -0.483. The van der Waals surface area contributed by atoms with Crippen LogP contribution < -0.4 is 0 Å². The van der Waals surface area contributed by atoms with Gasteiger partial charge in [-0.1, -0.05) is 11.6 Å². The van der Waals surface area contributed by atoms with Gasteiger partial charge < -0.3 is 14.6 Å². The lowest BCUT2D eigenvalue weighted by Crippen LogP contribution is -2.46. The van der Waals surface area contributed by atoms with Crippen molar-refractivity contribution in [3.63, 3.8) is 0 Å². The number of hydrogen-bond donors (Lipinski definition) is 1. The molecule has 0 aliphatic rings. The van der Waals surface area contributed by atoms with Crippen LogP contribution in [-0.2, 0) is 20.7 Å². The molecule has 1 aromatic carbocycles. The van der Waals surface area contributed by atoms with Crippen molar-refractivity contribution in [2.75, 3.05) is 14.2 Å². The summed E-state index contributed by atoms with van der Waals surface area (Å²) in [5.74, 6) is -0.667. The topological polar surface area (TPSA) is 76.1 Å². The normalized spacial score (nSPS) is 12.5. The summed E-state index contributed by atoms with van der Waals surface area (Å²) in [4.78, 5) is 25.5. The van der Waals surface area contributed by atoms with Crippen LogP contribution in [-0.4, -0.2) is 47.9 Å². The number of esters is 1. The van der Waals surface area contributed by atoms with Crippen molar-refractivity contribution in [2.24, 2.45) is 0 Å². The molecular weight excluding hydrogens is 402 g/mol. The summed E-state index contributed by atoms with van der Waals surface area (Å²) in [7, 11) is 2.71. The van der Waals surface area contributed by atoms with Crippen LogP contribution in [0.5, 0.6) is 5.75 Å². The lowest BCUT2D eigenvalue weighted by Gasteiger charge is -2.29. The van der Waals surface area contributed by atoms with Crippen molar-refractivity contribution in [1.82, 2.24) is 4.90 Å². The fourth-order valence-corrected chi connectivity index (χ4v) is 2.80. The molecule has 6 nitrogen and oxygen atoms in total. The fraction of sp³-hybridized carbons (Fsp3) is 0.500. The van der Waals surface area contributed by atoms with E-state index in [9.17, 15) is 14.7 Å². The number of aromatic hydroxyl groups is 1. The van der Waals surface area contributed by atoms with E-state index >= 15 is 0 Å². The number of ether oxygens (including phenoxy) is 2. The molecule has 1 atom stereocenters. The third-order valence-electron chi connectivity index (χ3n) is 3.13. The number of rotatable bonds is 4. The van der Waals surface area contributed by atoms with Crippen molar-refractivity contribution in [3.05, 3.63) is 27.2 Å². The van der Waals surface area contributed by atoms with Gasteiger partial charge in [-0.15, -0.1) is 0 Å². The lowest BCUT2D eigenvalue weighted by atomic mass is 10.0. The molecule has 0 bridgehead atoms. The third kappa shape index (κ3) is 5.56. The Balaban J connectivity index is 3.06. The fourth-order valence-electron chi connectivity index (χ4n) is 1.93. The van der Waals surface area contributed by atoms with E-state index in [0.717, 1.165) is 0 Å². The maximum Gasteiger partial charge on any atom is 0.410 e. The maximum absolute atomic E-state index is 12.2. The zero-order valence-electron chi connectivity index (χ0n) is 14.2. The minimum atomic E-state index is -0.891. The van der Waals surface area contributed by atoms with Crippen molar-refractivity contribution < 1.29 is 24.2 Å². The highest BCUT2D eigenvalue weighted by Crippen LogP contribution is 2.33. The minimum Gasteiger partial charge on any atom is -0.505 e. The molecule has 0 unspecified atom stereocenters. The van der Waals surface area contributed by atoms with Crippen LogP contribution in [0.4, 0.5) is 4.79 Å². The molecule has 1 rings (SSSR count). The number of carbonyl (C=O) groups excluding carboxylic acids is 2. The molecule has 0 saturated heterocycles. The zero-order valence-corrected chi connectivity index (χ0v) is 16.6. The number of hydrogen-bond acceptors (Lipinski definition) is 5. The summed E-state index contributed by atoms with van der Waals surface area (Å²) in [6, 6.07) is 2.26. The summed E-state index contributed by atoms with van der Waals surface area (Å²) in [5, 5.41) is 9.83. The monoisotopic (exact) mass is 421 g/mol. The summed E-state index contributed by atoms with van der Waals surface area (Å²) in [6.45, 7) is 5.22. The van der Waals surface area contributed by atoms with Crippen LogP contribution in [0.25, 0.3) is 0 Å². The molecule has 8 heteroatoms. The first kappa shape index (κ1) is 20.6. The largest absolute Gasteiger partial charge is 0.505 e. The number of halogens is 2. The van der Waals surface area contributed by atoms with Gasteiger partial charge in [0.25, 0.3) is 0 Å². The van der Waals surface area contributed by atoms with Gasteiger partial charge in [0, 0.05) is 13.5 Å². The molecule has 0 fully saturated rings. The number of amides is 1. The molecule has 24 heavy (non-hydrogen) atoms. The van der Waals surface area contributed by atoms with Crippen LogP contribution >= 0.6 is 27.5 Å². The van der Waals surface area contributed by atoms with Crippen molar-refractivity contribution in [1.29, 1.82) is 0 Å². The molecule has 134 valence electrons. The van der Waals surface area contributed by atoms with Gasteiger partial charge >= 0.3 is 12.1 Å². The van der Waals surface area contributed by atoms with E-state index in [2.05, 4.69) is 15.9 Å².